The smallest absolute Gasteiger partial charge is 0.146 e. The van der Waals surface area contributed by atoms with Crippen molar-refractivity contribution in [2.75, 3.05) is 23.0 Å². The Hall–Kier alpha value is -7.30. The summed E-state index contributed by atoms with van der Waals surface area (Å²) in [4.78, 5) is 4.63. The molecule has 2 heterocycles. The summed E-state index contributed by atoms with van der Waals surface area (Å²) in [7, 11) is 0. The van der Waals surface area contributed by atoms with Crippen molar-refractivity contribution in [3.63, 3.8) is 0 Å². The molecule has 4 nitrogen and oxygen atoms in total. The predicted molar refractivity (Wildman–Crippen MR) is 297 cm³/mol. The van der Waals surface area contributed by atoms with Crippen molar-refractivity contribution in [2.45, 2.75) is 75.7 Å². The van der Waals surface area contributed by atoms with Gasteiger partial charge in [0.2, 0.25) is 0 Å². The zero-order chi connectivity index (χ0) is 48.9. The van der Waals surface area contributed by atoms with Gasteiger partial charge in [-0.15, -0.1) is 0 Å². The van der Waals surface area contributed by atoms with E-state index in [0.717, 1.165) is 107 Å². The lowest BCUT2D eigenvalue weighted by atomic mass is 9.88. The van der Waals surface area contributed by atoms with Crippen LogP contribution in [0.3, 0.4) is 0 Å². The topological polar surface area (TPSA) is 24.9 Å². The SMILES string of the molecule is C=Cc1c(C)cc(N(\C=C2/OC/C(C)=C\C/C=C\C(=C)/C2=C/C=C\C)c2ccccc2)c2ccc3c(C)cc(N(C(/C=C\C)=C4\OC/C(C)=C\C=C/C(C)C4=C)c4ccccc4)c(C)c3c12.CC. The maximum Gasteiger partial charge on any atom is 0.146 e. The number of ether oxygens (including phenoxy) is 2. The Morgan fingerprint density at radius 3 is 2.09 bits per heavy atom. The number of hydrogen-bond donors (Lipinski definition) is 0. The van der Waals surface area contributed by atoms with Gasteiger partial charge in [-0.25, -0.2) is 0 Å². The van der Waals surface area contributed by atoms with E-state index in [9.17, 15) is 0 Å². The van der Waals surface area contributed by atoms with Gasteiger partial charge in [0.15, 0.2) is 0 Å². The van der Waals surface area contributed by atoms with Crippen molar-refractivity contribution >= 4 is 50.4 Å². The Morgan fingerprint density at radius 2 is 1.41 bits per heavy atom. The van der Waals surface area contributed by atoms with E-state index < -0.39 is 0 Å². The lowest BCUT2D eigenvalue weighted by Gasteiger charge is -2.32. The molecule has 0 saturated carbocycles. The van der Waals surface area contributed by atoms with Gasteiger partial charge in [-0.3, -0.25) is 0 Å². The van der Waals surface area contributed by atoms with E-state index in [1.165, 1.54) is 10.8 Å². The fraction of sp³-hybridized carbons (Fsp3) is 0.219. The maximum absolute atomic E-state index is 6.82. The molecule has 1 atom stereocenters. The summed E-state index contributed by atoms with van der Waals surface area (Å²) in [5.41, 5.74) is 14.5. The molecule has 0 aromatic heterocycles. The van der Waals surface area contributed by atoms with Crippen molar-refractivity contribution in [1.29, 1.82) is 0 Å². The molecular formula is C64H70N2O2. The number of nitrogens with zero attached hydrogens (tertiary/aromatic N) is 2. The van der Waals surface area contributed by atoms with Crippen LogP contribution >= 0.6 is 0 Å². The molecule has 68 heavy (non-hydrogen) atoms. The summed E-state index contributed by atoms with van der Waals surface area (Å²) in [5, 5.41) is 4.58. The second-order valence-corrected chi connectivity index (χ2v) is 17.3. The van der Waals surface area contributed by atoms with Crippen LogP contribution in [0.15, 0.2) is 223 Å². The maximum atomic E-state index is 6.82. The first-order chi connectivity index (χ1) is 33.0. The van der Waals surface area contributed by atoms with E-state index in [-0.39, 0.29) is 5.92 Å². The van der Waals surface area contributed by atoms with E-state index in [2.05, 4.69) is 224 Å². The third kappa shape index (κ3) is 10.9. The van der Waals surface area contributed by atoms with Crippen LogP contribution in [-0.4, -0.2) is 13.2 Å². The van der Waals surface area contributed by atoms with Gasteiger partial charge in [-0.2, -0.15) is 0 Å². The van der Waals surface area contributed by atoms with Gasteiger partial charge >= 0.3 is 0 Å². The number of para-hydroxylation sites is 2. The number of rotatable bonds is 9. The molecule has 0 amide bonds. The van der Waals surface area contributed by atoms with Gasteiger partial charge in [0.1, 0.15) is 24.7 Å². The van der Waals surface area contributed by atoms with Gasteiger partial charge in [0.25, 0.3) is 0 Å². The second kappa shape index (κ2) is 23.4. The zero-order valence-corrected chi connectivity index (χ0v) is 42.1. The van der Waals surface area contributed by atoms with Crippen molar-refractivity contribution in [2.24, 2.45) is 5.92 Å². The van der Waals surface area contributed by atoms with Crippen LogP contribution in [0.4, 0.5) is 22.7 Å². The van der Waals surface area contributed by atoms with Crippen LogP contribution in [0.25, 0.3) is 27.6 Å². The molecule has 2 aliphatic heterocycles. The van der Waals surface area contributed by atoms with Crippen LogP contribution in [0.1, 0.15) is 77.1 Å². The molecule has 0 N–H and O–H groups in total. The van der Waals surface area contributed by atoms with Crippen molar-refractivity contribution in [1.82, 2.24) is 0 Å². The van der Waals surface area contributed by atoms with Crippen LogP contribution < -0.4 is 9.80 Å². The third-order valence-corrected chi connectivity index (χ3v) is 12.4. The van der Waals surface area contributed by atoms with Gasteiger partial charge in [-0.1, -0.05) is 156 Å². The summed E-state index contributed by atoms with van der Waals surface area (Å²) in [5.74, 6) is 1.54. The summed E-state index contributed by atoms with van der Waals surface area (Å²) < 4.78 is 13.6. The molecule has 4 heteroatoms. The molecule has 0 aliphatic carbocycles. The van der Waals surface area contributed by atoms with Crippen LogP contribution in [0.2, 0.25) is 0 Å². The third-order valence-electron chi connectivity index (χ3n) is 12.4. The van der Waals surface area contributed by atoms with Gasteiger partial charge in [-0.05, 0) is 158 Å². The number of allylic oxidation sites excluding steroid dienone is 13. The molecule has 0 radical (unpaired) electrons. The number of aryl methyl sites for hydroxylation is 3. The molecule has 0 spiro atoms. The number of hydrogen-bond acceptors (Lipinski definition) is 4. The summed E-state index contributed by atoms with van der Waals surface area (Å²) >= 11 is 0. The quantitative estimate of drug-likeness (QED) is 0.109. The minimum atomic E-state index is 0.0500. The Balaban J connectivity index is 0.00000376. The van der Waals surface area contributed by atoms with E-state index in [1.54, 1.807) is 0 Å². The highest BCUT2D eigenvalue weighted by Crippen LogP contribution is 2.46. The first kappa shape index (κ1) is 50.1. The normalized spacial score (nSPS) is 20.2. The van der Waals surface area contributed by atoms with Gasteiger partial charge < -0.3 is 19.3 Å². The monoisotopic (exact) mass is 899 g/mol. The number of fused-ring (bicyclic) bond motifs is 3. The van der Waals surface area contributed by atoms with Crippen LogP contribution in [-0.2, 0) is 9.47 Å². The first-order valence-corrected chi connectivity index (χ1v) is 24.0. The van der Waals surface area contributed by atoms with E-state index >= 15 is 0 Å². The molecule has 0 bridgehead atoms. The van der Waals surface area contributed by atoms with Crippen LogP contribution in [0.5, 0.6) is 0 Å². The van der Waals surface area contributed by atoms with Crippen molar-refractivity contribution in [3.8, 4) is 0 Å². The molecule has 0 saturated heterocycles. The lowest BCUT2D eigenvalue weighted by molar-refractivity contribution is 0.241. The first-order valence-electron chi connectivity index (χ1n) is 24.0. The zero-order valence-electron chi connectivity index (χ0n) is 42.1. The van der Waals surface area contributed by atoms with E-state index in [4.69, 9.17) is 9.47 Å². The molecule has 2 aliphatic rings. The lowest BCUT2D eigenvalue weighted by Crippen LogP contribution is -2.21. The molecule has 5 aromatic rings. The molecule has 5 aromatic carbocycles. The Bertz CT molecular complexity index is 2960. The highest BCUT2D eigenvalue weighted by molar-refractivity contribution is 6.19. The van der Waals surface area contributed by atoms with E-state index in [0.29, 0.717) is 13.2 Å². The van der Waals surface area contributed by atoms with Crippen LogP contribution in [0, 0.1) is 26.7 Å². The standard InChI is InChI=1S/C62H64N2O2.C2H6/c1-12-15-34-53-45(7)28-23-22-26-42(4)40-65-59(53)39-63(50-30-18-16-19-31-50)58-38-46(8)52(14-3)61-55(58)36-35-54-47(9)37-57(49(11)60(54)61)64(51-32-20-17-21-33-51)56(25-13-2)62-48(10)44(6)29-24-27-43(5)41-66-62;1-2/h12-21,23-39,44H,3,7,10,22,40-41H2,1-2,4-6,8-9,11H3;1-2H3/b15-12-,25-13-,28-23-,29-24-,42-26-,43-27-,53-34-,59-39-,62-56-;. The average molecular weight is 899 g/mol. The summed E-state index contributed by atoms with van der Waals surface area (Å²) in [6.07, 6.45) is 28.3. The van der Waals surface area contributed by atoms with E-state index in [1.807, 2.05) is 39.0 Å². The summed E-state index contributed by atoms with van der Waals surface area (Å²) in [6.45, 7) is 35.7. The molecule has 7 rings (SSSR count). The minimum absolute atomic E-state index is 0.0500. The largest absolute Gasteiger partial charge is 0.487 e. The highest BCUT2D eigenvalue weighted by Gasteiger charge is 2.27. The second-order valence-electron chi connectivity index (χ2n) is 17.3. The van der Waals surface area contributed by atoms with Crippen molar-refractivity contribution < 1.29 is 9.47 Å². The average Bonchev–Trinajstić information content (AvgIpc) is 3.41. The number of benzene rings is 5. The Morgan fingerprint density at radius 1 is 0.750 bits per heavy atom. The fourth-order valence-corrected chi connectivity index (χ4v) is 8.79. The Labute approximate surface area is 407 Å². The Kier molecular flexibility index (Phi) is 17.3. The minimum Gasteiger partial charge on any atom is -0.487 e. The fourth-order valence-electron chi connectivity index (χ4n) is 8.79. The molecular weight excluding hydrogens is 829 g/mol. The predicted octanol–water partition coefficient (Wildman–Crippen LogP) is 18.2. The van der Waals surface area contributed by atoms with Gasteiger partial charge in [0.05, 0.1) is 23.3 Å². The molecule has 348 valence electrons. The van der Waals surface area contributed by atoms with Gasteiger partial charge in [0, 0.05) is 28.3 Å². The summed E-state index contributed by atoms with van der Waals surface area (Å²) in [6, 6.07) is 30.3. The highest BCUT2D eigenvalue weighted by atomic mass is 16.5. The molecule has 0 fully saturated rings. The van der Waals surface area contributed by atoms with Crippen molar-refractivity contribution in [3.05, 3.63) is 245 Å². The molecule has 1 unspecified atom stereocenters. The number of anilines is 4.